The molecule has 0 saturated heterocycles. The van der Waals surface area contributed by atoms with Crippen LogP contribution in [0, 0.1) is 0 Å². The Morgan fingerprint density at radius 1 is 1.57 bits per heavy atom. The Bertz CT molecular complexity index is 323. The molecule has 1 rings (SSSR count). The van der Waals surface area contributed by atoms with E-state index in [0.29, 0.717) is 17.5 Å². The maximum atomic E-state index is 11.4. The minimum atomic E-state index is -0.417. The number of esters is 1. The van der Waals surface area contributed by atoms with Gasteiger partial charge < -0.3 is 4.74 Å². The average Bonchev–Trinajstić information content (AvgIpc) is 2.50. The number of carbonyl (C=O) groups is 1. The van der Waals surface area contributed by atoms with Gasteiger partial charge >= 0.3 is 5.97 Å². The molecular formula is C9H13ClN2O2. The van der Waals surface area contributed by atoms with Gasteiger partial charge in [-0.25, -0.2) is 4.79 Å². The van der Waals surface area contributed by atoms with Gasteiger partial charge in [0.15, 0.2) is 5.69 Å². The van der Waals surface area contributed by atoms with Crippen LogP contribution in [0.4, 0.5) is 0 Å². The lowest BCUT2D eigenvalue weighted by molar-refractivity contribution is 0.0518. The third-order valence-electron chi connectivity index (χ3n) is 1.79. The third kappa shape index (κ3) is 2.26. The maximum Gasteiger partial charge on any atom is 0.359 e. The van der Waals surface area contributed by atoms with Gasteiger partial charge in [-0.2, -0.15) is 5.10 Å². The van der Waals surface area contributed by atoms with Gasteiger partial charge in [0, 0.05) is 5.56 Å². The summed E-state index contributed by atoms with van der Waals surface area (Å²) < 4.78 is 4.85. The van der Waals surface area contributed by atoms with Gasteiger partial charge in [0.1, 0.15) is 5.15 Å². The van der Waals surface area contributed by atoms with Crippen LogP contribution < -0.4 is 0 Å². The Labute approximate surface area is 87.6 Å². The van der Waals surface area contributed by atoms with Crippen LogP contribution in [-0.4, -0.2) is 22.8 Å². The Kier molecular flexibility index (Phi) is 3.95. The Morgan fingerprint density at radius 3 is 2.86 bits per heavy atom. The summed E-state index contributed by atoms with van der Waals surface area (Å²) in [6.07, 6.45) is 1.63. The van der Waals surface area contributed by atoms with Gasteiger partial charge in [-0.05, 0) is 13.3 Å². The number of hydrogen-bond acceptors (Lipinski definition) is 3. The molecule has 1 heterocycles. The van der Waals surface area contributed by atoms with E-state index in [0.717, 1.165) is 18.4 Å². The monoisotopic (exact) mass is 216 g/mol. The van der Waals surface area contributed by atoms with E-state index in [1.807, 2.05) is 6.92 Å². The van der Waals surface area contributed by atoms with E-state index in [1.165, 1.54) is 0 Å². The van der Waals surface area contributed by atoms with Gasteiger partial charge in [-0.15, -0.1) is 0 Å². The van der Waals surface area contributed by atoms with Crippen molar-refractivity contribution in [1.29, 1.82) is 0 Å². The predicted octanol–water partition coefficient (Wildman–Crippen LogP) is 2.19. The van der Waals surface area contributed by atoms with Crippen LogP contribution in [0.2, 0.25) is 5.15 Å². The first-order valence-corrected chi connectivity index (χ1v) is 4.98. The number of aromatic nitrogens is 2. The Hall–Kier alpha value is -1.03. The molecule has 1 N–H and O–H groups in total. The standard InChI is InChI=1S/C9H13ClN2O2/c1-3-5-6-7(9(13)14-4-2)11-12-8(6)10/h3-5H2,1-2H3,(H,11,12). The van der Waals surface area contributed by atoms with Crippen molar-refractivity contribution in [2.75, 3.05) is 6.61 Å². The number of H-pyrrole nitrogens is 1. The molecule has 0 aliphatic heterocycles. The van der Waals surface area contributed by atoms with Crippen LogP contribution in [0.3, 0.4) is 0 Å². The van der Waals surface area contributed by atoms with Crippen molar-refractivity contribution >= 4 is 17.6 Å². The lowest BCUT2D eigenvalue weighted by atomic mass is 10.1. The number of rotatable bonds is 4. The molecule has 0 aromatic carbocycles. The first-order chi connectivity index (χ1) is 6.70. The lowest BCUT2D eigenvalue weighted by Gasteiger charge is -2.00. The molecule has 4 nitrogen and oxygen atoms in total. The first-order valence-electron chi connectivity index (χ1n) is 4.60. The summed E-state index contributed by atoms with van der Waals surface area (Å²) in [5.41, 5.74) is 1.05. The highest BCUT2D eigenvalue weighted by Crippen LogP contribution is 2.19. The number of halogens is 1. The molecule has 0 aliphatic rings. The van der Waals surface area contributed by atoms with Gasteiger partial charge in [-0.3, -0.25) is 5.10 Å². The number of aromatic amines is 1. The van der Waals surface area contributed by atoms with E-state index in [1.54, 1.807) is 6.92 Å². The van der Waals surface area contributed by atoms with Crippen molar-refractivity contribution in [3.63, 3.8) is 0 Å². The molecule has 0 spiro atoms. The van der Waals surface area contributed by atoms with E-state index < -0.39 is 5.97 Å². The van der Waals surface area contributed by atoms with Crippen LogP contribution in [0.5, 0.6) is 0 Å². The minimum Gasteiger partial charge on any atom is -0.461 e. The molecule has 1 aromatic heterocycles. The molecule has 0 unspecified atom stereocenters. The van der Waals surface area contributed by atoms with Gasteiger partial charge in [0.2, 0.25) is 0 Å². The average molecular weight is 217 g/mol. The van der Waals surface area contributed by atoms with Crippen LogP contribution in [0.1, 0.15) is 36.3 Å². The van der Waals surface area contributed by atoms with Crippen LogP contribution in [0.15, 0.2) is 0 Å². The summed E-state index contributed by atoms with van der Waals surface area (Å²) >= 11 is 5.84. The van der Waals surface area contributed by atoms with Crippen LogP contribution in [-0.2, 0) is 11.2 Å². The highest BCUT2D eigenvalue weighted by molar-refractivity contribution is 6.30. The van der Waals surface area contributed by atoms with Crippen molar-refractivity contribution in [2.24, 2.45) is 0 Å². The molecule has 0 bridgehead atoms. The van der Waals surface area contributed by atoms with Gasteiger partial charge in [-0.1, -0.05) is 24.9 Å². The Balaban J connectivity index is 2.90. The number of nitrogens with zero attached hydrogens (tertiary/aromatic N) is 1. The van der Waals surface area contributed by atoms with Crippen molar-refractivity contribution in [3.8, 4) is 0 Å². The summed E-state index contributed by atoms with van der Waals surface area (Å²) in [6.45, 7) is 4.11. The third-order valence-corrected chi connectivity index (χ3v) is 2.10. The SMILES string of the molecule is CCCc1c(C(=O)OCC)n[nH]c1Cl. The first kappa shape index (κ1) is 11.0. The second-order valence-electron chi connectivity index (χ2n) is 2.84. The Morgan fingerprint density at radius 2 is 2.29 bits per heavy atom. The molecule has 78 valence electrons. The predicted molar refractivity (Wildman–Crippen MR) is 53.5 cm³/mol. The second-order valence-corrected chi connectivity index (χ2v) is 3.21. The fourth-order valence-electron chi connectivity index (χ4n) is 1.19. The smallest absolute Gasteiger partial charge is 0.359 e. The zero-order chi connectivity index (χ0) is 10.6. The molecule has 14 heavy (non-hydrogen) atoms. The fraction of sp³-hybridized carbons (Fsp3) is 0.556. The fourth-order valence-corrected chi connectivity index (χ4v) is 1.42. The molecule has 0 fully saturated rings. The highest BCUT2D eigenvalue weighted by atomic mass is 35.5. The number of nitrogens with one attached hydrogen (secondary N) is 1. The summed E-state index contributed by atoms with van der Waals surface area (Å²) in [5.74, 6) is -0.417. The quantitative estimate of drug-likeness (QED) is 0.785. The van der Waals surface area contributed by atoms with E-state index in [4.69, 9.17) is 16.3 Å². The summed E-state index contributed by atoms with van der Waals surface area (Å²) in [6, 6.07) is 0. The van der Waals surface area contributed by atoms with Crippen molar-refractivity contribution in [1.82, 2.24) is 10.2 Å². The molecule has 0 saturated carbocycles. The summed E-state index contributed by atoms with van der Waals surface area (Å²) in [7, 11) is 0. The molecule has 0 aliphatic carbocycles. The molecule has 0 radical (unpaired) electrons. The van der Waals surface area contributed by atoms with Crippen LogP contribution >= 0.6 is 11.6 Å². The largest absolute Gasteiger partial charge is 0.461 e. The summed E-state index contributed by atoms with van der Waals surface area (Å²) in [5, 5.41) is 6.82. The normalized spacial score (nSPS) is 10.2. The lowest BCUT2D eigenvalue weighted by Crippen LogP contribution is -2.07. The molecule has 0 atom stereocenters. The van der Waals surface area contributed by atoms with E-state index in [9.17, 15) is 4.79 Å². The molecule has 0 amide bonds. The van der Waals surface area contributed by atoms with Gasteiger partial charge in [0.25, 0.3) is 0 Å². The minimum absolute atomic E-state index is 0.304. The number of hydrogen-bond donors (Lipinski definition) is 1. The van der Waals surface area contributed by atoms with Crippen LogP contribution in [0.25, 0.3) is 0 Å². The summed E-state index contributed by atoms with van der Waals surface area (Å²) in [4.78, 5) is 11.4. The maximum absolute atomic E-state index is 11.4. The molecule has 5 heteroatoms. The molecular weight excluding hydrogens is 204 g/mol. The van der Waals surface area contributed by atoms with E-state index in [-0.39, 0.29) is 0 Å². The number of ether oxygens (including phenoxy) is 1. The van der Waals surface area contributed by atoms with Crippen molar-refractivity contribution in [2.45, 2.75) is 26.7 Å². The van der Waals surface area contributed by atoms with E-state index in [2.05, 4.69) is 10.2 Å². The number of carbonyl (C=O) groups excluding carboxylic acids is 1. The zero-order valence-electron chi connectivity index (χ0n) is 8.26. The second kappa shape index (κ2) is 5.00. The van der Waals surface area contributed by atoms with E-state index >= 15 is 0 Å². The topological polar surface area (TPSA) is 55.0 Å². The van der Waals surface area contributed by atoms with Gasteiger partial charge in [0.05, 0.1) is 6.61 Å². The zero-order valence-corrected chi connectivity index (χ0v) is 9.02. The van der Waals surface area contributed by atoms with Crippen molar-refractivity contribution in [3.05, 3.63) is 16.4 Å². The molecule has 1 aromatic rings. The van der Waals surface area contributed by atoms with Crippen molar-refractivity contribution < 1.29 is 9.53 Å². The highest BCUT2D eigenvalue weighted by Gasteiger charge is 2.18.